The number of imide groups is 1. The van der Waals surface area contributed by atoms with Crippen LogP contribution in [0.4, 0.5) is 5.69 Å². The van der Waals surface area contributed by atoms with Gasteiger partial charge in [-0.3, -0.25) is 14.4 Å². The van der Waals surface area contributed by atoms with Crippen molar-refractivity contribution in [3.8, 4) is 11.5 Å². The van der Waals surface area contributed by atoms with E-state index in [-0.39, 0.29) is 35.0 Å². The van der Waals surface area contributed by atoms with Crippen LogP contribution in [0.5, 0.6) is 11.5 Å². The van der Waals surface area contributed by atoms with Gasteiger partial charge in [0.25, 0.3) is 11.8 Å². The Bertz CT molecular complexity index is 1430. The van der Waals surface area contributed by atoms with Gasteiger partial charge in [-0.2, -0.15) is 0 Å². The minimum atomic E-state index is -0.734. The van der Waals surface area contributed by atoms with Crippen LogP contribution in [-0.2, 0) is 9.53 Å². The van der Waals surface area contributed by atoms with Gasteiger partial charge in [-0.1, -0.05) is 46.8 Å². The van der Waals surface area contributed by atoms with Crippen LogP contribution in [0.3, 0.4) is 0 Å². The number of fused-ring (bicyclic) bond motifs is 1. The normalized spacial score (nSPS) is 13.1. The molecule has 0 fully saturated rings. The summed E-state index contributed by atoms with van der Waals surface area (Å²) in [6, 6.07) is 17.0. The summed E-state index contributed by atoms with van der Waals surface area (Å²) in [6.45, 7) is 11.0. The number of nitrogens with zero attached hydrogens (tertiary/aromatic N) is 1. The van der Waals surface area contributed by atoms with Crippen molar-refractivity contribution in [2.75, 3.05) is 11.5 Å². The molecule has 38 heavy (non-hydrogen) atoms. The van der Waals surface area contributed by atoms with E-state index >= 15 is 0 Å². The van der Waals surface area contributed by atoms with Crippen molar-refractivity contribution in [3.05, 3.63) is 88.5 Å². The largest absolute Gasteiger partial charge is 0.457 e. The number of carbonyl (C=O) groups excluding carboxylic acids is 4. The van der Waals surface area contributed by atoms with Gasteiger partial charge in [-0.05, 0) is 72.5 Å². The molecule has 7 heteroatoms. The van der Waals surface area contributed by atoms with E-state index in [1.165, 1.54) is 18.2 Å². The third kappa shape index (κ3) is 5.37. The number of ketones is 1. The summed E-state index contributed by atoms with van der Waals surface area (Å²) in [7, 11) is 0. The van der Waals surface area contributed by atoms with E-state index in [9.17, 15) is 19.2 Å². The van der Waals surface area contributed by atoms with Gasteiger partial charge in [0.1, 0.15) is 11.5 Å². The fourth-order valence-corrected chi connectivity index (χ4v) is 4.03. The zero-order chi connectivity index (χ0) is 27.8. The second-order valence-electron chi connectivity index (χ2n) is 10.7. The number of benzene rings is 3. The van der Waals surface area contributed by atoms with Crippen LogP contribution in [0.1, 0.15) is 82.7 Å². The molecule has 1 aliphatic rings. The lowest BCUT2D eigenvalue weighted by atomic mass is 9.91. The van der Waals surface area contributed by atoms with Gasteiger partial charge < -0.3 is 9.47 Å². The Kier molecular flexibility index (Phi) is 7.22. The minimum absolute atomic E-state index is 0.0938. The molecule has 2 amide bonds. The van der Waals surface area contributed by atoms with Crippen LogP contribution in [-0.4, -0.2) is 30.2 Å². The number of hydrogen-bond acceptors (Lipinski definition) is 6. The Morgan fingerprint density at radius 3 is 2.16 bits per heavy atom. The van der Waals surface area contributed by atoms with Gasteiger partial charge >= 0.3 is 5.97 Å². The molecule has 0 atom stereocenters. The molecule has 4 rings (SSSR count). The van der Waals surface area contributed by atoms with E-state index in [2.05, 4.69) is 19.9 Å². The summed E-state index contributed by atoms with van der Waals surface area (Å²) < 4.78 is 11.3. The average Bonchev–Trinajstić information content (AvgIpc) is 3.11. The van der Waals surface area contributed by atoms with E-state index in [1.807, 2.05) is 19.1 Å². The first-order valence-electron chi connectivity index (χ1n) is 12.5. The van der Waals surface area contributed by atoms with Gasteiger partial charge in [0, 0.05) is 5.41 Å². The standard InChI is InChI=1S/C31H31NO6/c1-18(2)23-13-7-19(3)15-26(23)38-22-11-9-21(10-12-22)32-28(34)24-14-8-20(16-25(24)29(32)35)30(36)37-17-27(33)31(4,5)6/h7-16,18H,17H2,1-6H3. The van der Waals surface area contributed by atoms with Crippen molar-refractivity contribution in [2.24, 2.45) is 5.41 Å². The lowest BCUT2D eigenvalue weighted by Gasteiger charge is -2.17. The monoisotopic (exact) mass is 513 g/mol. The van der Waals surface area contributed by atoms with Crippen molar-refractivity contribution in [3.63, 3.8) is 0 Å². The molecule has 0 aliphatic carbocycles. The highest BCUT2D eigenvalue weighted by Gasteiger charge is 2.37. The van der Waals surface area contributed by atoms with Crippen molar-refractivity contribution in [1.82, 2.24) is 0 Å². The predicted octanol–water partition coefficient (Wildman–Crippen LogP) is 6.48. The van der Waals surface area contributed by atoms with Gasteiger partial charge in [0.2, 0.25) is 0 Å². The molecule has 1 aliphatic heterocycles. The lowest BCUT2D eigenvalue weighted by Crippen LogP contribution is -2.29. The van der Waals surface area contributed by atoms with Crippen LogP contribution < -0.4 is 9.64 Å². The molecule has 0 bridgehead atoms. The molecule has 0 saturated heterocycles. The molecule has 0 aromatic heterocycles. The molecule has 1 heterocycles. The zero-order valence-electron chi connectivity index (χ0n) is 22.5. The molecule has 0 N–H and O–H groups in total. The Hall–Kier alpha value is -4.26. The highest BCUT2D eigenvalue weighted by molar-refractivity contribution is 6.34. The predicted molar refractivity (Wildman–Crippen MR) is 144 cm³/mol. The smallest absolute Gasteiger partial charge is 0.338 e. The molecule has 196 valence electrons. The topological polar surface area (TPSA) is 90.0 Å². The number of Topliss-reactive ketones (excluding diaryl/α,β-unsaturated/α-hetero) is 1. The molecular weight excluding hydrogens is 482 g/mol. The van der Waals surface area contributed by atoms with Crippen LogP contribution in [0.2, 0.25) is 0 Å². The van der Waals surface area contributed by atoms with E-state index in [0.717, 1.165) is 21.8 Å². The van der Waals surface area contributed by atoms with Crippen molar-refractivity contribution >= 4 is 29.3 Å². The van der Waals surface area contributed by atoms with E-state index in [4.69, 9.17) is 9.47 Å². The number of ether oxygens (including phenoxy) is 2. The number of hydrogen-bond donors (Lipinski definition) is 0. The maximum Gasteiger partial charge on any atom is 0.338 e. The number of rotatable bonds is 7. The number of esters is 1. The van der Waals surface area contributed by atoms with Gasteiger partial charge in [-0.25, -0.2) is 9.69 Å². The van der Waals surface area contributed by atoms with Crippen LogP contribution in [0.25, 0.3) is 0 Å². The molecule has 7 nitrogen and oxygen atoms in total. The average molecular weight is 514 g/mol. The number of anilines is 1. The maximum atomic E-state index is 13.2. The summed E-state index contributed by atoms with van der Waals surface area (Å²) >= 11 is 0. The number of amides is 2. The molecule has 0 radical (unpaired) electrons. The summed E-state index contributed by atoms with van der Waals surface area (Å²) in [4.78, 5) is 51.9. The van der Waals surface area contributed by atoms with Crippen molar-refractivity contribution < 1.29 is 28.7 Å². The van der Waals surface area contributed by atoms with Crippen LogP contribution in [0, 0.1) is 12.3 Å². The molecule has 3 aromatic rings. The molecule has 0 spiro atoms. The molecule has 0 unspecified atom stereocenters. The first-order valence-corrected chi connectivity index (χ1v) is 12.5. The Morgan fingerprint density at radius 1 is 0.868 bits per heavy atom. The Labute approximate surface area is 222 Å². The summed E-state index contributed by atoms with van der Waals surface area (Å²) in [5, 5.41) is 0. The fraction of sp³-hybridized carbons (Fsp3) is 0.290. The summed E-state index contributed by atoms with van der Waals surface area (Å²) in [5.41, 5.74) is 2.30. The lowest BCUT2D eigenvalue weighted by molar-refractivity contribution is -0.129. The summed E-state index contributed by atoms with van der Waals surface area (Å²) in [6.07, 6.45) is 0. The highest BCUT2D eigenvalue weighted by Crippen LogP contribution is 2.34. The number of aryl methyl sites for hydroxylation is 1. The quantitative estimate of drug-likeness (QED) is 0.265. The Morgan fingerprint density at radius 2 is 1.53 bits per heavy atom. The third-order valence-electron chi connectivity index (χ3n) is 6.41. The van der Waals surface area contributed by atoms with Gasteiger partial charge in [0.05, 0.1) is 22.4 Å². The number of carbonyl (C=O) groups is 4. The van der Waals surface area contributed by atoms with E-state index < -0.39 is 23.2 Å². The van der Waals surface area contributed by atoms with E-state index in [1.54, 1.807) is 45.0 Å². The van der Waals surface area contributed by atoms with Gasteiger partial charge in [-0.15, -0.1) is 0 Å². The fourth-order valence-electron chi connectivity index (χ4n) is 4.03. The van der Waals surface area contributed by atoms with E-state index in [0.29, 0.717) is 11.4 Å². The Balaban J connectivity index is 1.51. The molecule has 3 aromatic carbocycles. The van der Waals surface area contributed by atoms with Gasteiger partial charge in [0.15, 0.2) is 12.4 Å². The molecule has 0 saturated carbocycles. The minimum Gasteiger partial charge on any atom is -0.457 e. The van der Waals surface area contributed by atoms with Crippen LogP contribution in [0.15, 0.2) is 60.7 Å². The van der Waals surface area contributed by atoms with Crippen molar-refractivity contribution in [2.45, 2.75) is 47.5 Å². The SMILES string of the molecule is Cc1ccc(C(C)C)c(Oc2ccc(N3C(=O)c4ccc(C(=O)OCC(=O)C(C)(C)C)cc4C3=O)cc2)c1. The molecular formula is C31H31NO6. The first-order chi connectivity index (χ1) is 17.9. The second kappa shape index (κ2) is 10.2. The highest BCUT2D eigenvalue weighted by atomic mass is 16.5. The second-order valence-corrected chi connectivity index (χ2v) is 10.7. The zero-order valence-corrected chi connectivity index (χ0v) is 22.5. The van der Waals surface area contributed by atoms with Crippen molar-refractivity contribution in [1.29, 1.82) is 0 Å². The van der Waals surface area contributed by atoms with Crippen LogP contribution >= 0.6 is 0 Å². The first kappa shape index (κ1) is 26.8. The summed E-state index contributed by atoms with van der Waals surface area (Å²) in [5.74, 6) is -0.362. The third-order valence-corrected chi connectivity index (χ3v) is 6.41. The maximum absolute atomic E-state index is 13.2.